The van der Waals surface area contributed by atoms with Gasteiger partial charge in [0.25, 0.3) is 0 Å². The molecule has 4 rings (SSSR count). The van der Waals surface area contributed by atoms with Gasteiger partial charge in [-0.15, -0.1) is 0 Å². The molecule has 3 unspecified atom stereocenters. The SMILES string of the molecule is CC1(C)COC(C)(CCC2=C3CCC4(C)C(=O)CCC4C3CCC2=O)OC1. The van der Waals surface area contributed by atoms with Crippen LogP contribution >= 0.6 is 0 Å². The molecule has 3 aliphatic carbocycles. The first-order chi connectivity index (χ1) is 12.6. The van der Waals surface area contributed by atoms with E-state index < -0.39 is 5.79 Å². The van der Waals surface area contributed by atoms with Crippen LogP contribution in [-0.4, -0.2) is 30.6 Å². The van der Waals surface area contributed by atoms with Gasteiger partial charge in [-0.3, -0.25) is 9.59 Å². The van der Waals surface area contributed by atoms with Crippen molar-refractivity contribution in [1.29, 1.82) is 0 Å². The third-order valence-corrected chi connectivity index (χ3v) is 7.76. The number of carbonyl (C=O) groups is 2. The second-order valence-corrected chi connectivity index (χ2v) is 10.4. The molecule has 1 heterocycles. The maximum atomic E-state index is 12.8. The molecular formula is C23H34O4. The molecule has 2 saturated carbocycles. The molecule has 4 aliphatic rings. The lowest BCUT2D eigenvalue weighted by Gasteiger charge is -2.45. The summed E-state index contributed by atoms with van der Waals surface area (Å²) >= 11 is 0. The van der Waals surface area contributed by atoms with E-state index in [2.05, 4.69) is 20.8 Å². The zero-order valence-corrected chi connectivity index (χ0v) is 17.4. The van der Waals surface area contributed by atoms with Crippen LogP contribution in [0.3, 0.4) is 0 Å². The van der Waals surface area contributed by atoms with Gasteiger partial charge in [0.15, 0.2) is 11.6 Å². The molecule has 1 saturated heterocycles. The van der Waals surface area contributed by atoms with E-state index in [0.717, 1.165) is 50.5 Å². The Balaban J connectivity index is 1.52. The van der Waals surface area contributed by atoms with Crippen molar-refractivity contribution in [3.05, 3.63) is 11.1 Å². The van der Waals surface area contributed by atoms with Crippen LogP contribution in [0.2, 0.25) is 0 Å². The van der Waals surface area contributed by atoms with Crippen LogP contribution < -0.4 is 0 Å². The highest BCUT2D eigenvalue weighted by Gasteiger charge is 2.53. The van der Waals surface area contributed by atoms with Crippen molar-refractivity contribution in [2.24, 2.45) is 22.7 Å². The summed E-state index contributed by atoms with van der Waals surface area (Å²) in [4.78, 5) is 25.2. The summed E-state index contributed by atoms with van der Waals surface area (Å²) in [6, 6.07) is 0. The number of hydrogen-bond donors (Lipinski definition) is 0. The van der Waals surface area contributed by atoms with Crippen molar-refractivity contribution in [1.82, 2.24) is 0 Å². The first-order valence-corrected chi connectivity index (χ1v) is 10.7. The Morgan fingerprint density at radius 3 is 2.37 bits per heavy atom. The summed E-state index contributed by atoms with van der Waals surface area (Å²) in [6.45, 7) is 9.85. The zero-order chi connectivity index (χ0) is 19.4. The number of rotatable bonds is 3. The van der Waals surface area contributed by atoms with Crippen LogP contribution in [0.15, 0.2) is 11.1 Å². The molecule has 0 N–H and O–H groups in total. The number of ether oxygens (including phenoxy) is 2. The lowest BCUT2D eigenvalue weighted by atomic mass is 9.58. The predicted octanol–water partition coefficient (Wildman–Crippen LogP) is 4.61. The summed E-state index contributed by atoms with van der Waals surface area (Å²) in [6.07, 6.45) is 6.58. The van der Waals surface area contributed by atoms with Gasteiger partial charge in [0, 0.05) is 30.1 Å². The molecule has 3 atom stereocenters. The lowest BCUT2D eigenvalue weighted by Crippen LogP contribution is -2.46. The number of fused-ring (bicyclic) bond motifs is 3. The number of Topliss-reactive ketones (excluding diaryl/α,β-unsaturated/α-hetero) is 2. The maximum absolute atomic E-state index is 12.8. The minimum absolute atomic E-state index is 0.0516. The highest BCUT2D eigenvalue weighted by Crippen LogP contribution is 2.57. The largest absolute Gasteiger partial charge is 0.350 e. The number of hydrogen-bond acceptors (Lipinski definition) is 4. The van der Waals surface area contributed by atoms with Crippen LogP contribution in [0.25, 0.3) is 0 Å². The molecule has 0 aromatic carbocycles. The maximum Gasteiger partial charge on any atom is 0.165 e. The van der Waals surface area contributed by atoms with Gasteiger partial charge in [0.1, 0.15) is 5.78 Å². The second kappa shape index (κ2) is 6.52. The summed E-state index contributed by atoms with van der Waals surface area (Å²) < 4.78 is 12.1. The summed E-state index contributed by atoms with van der Waals surface area (Å²) in [7, 11) is 0. The van der Waals surface area contributed by atoms with Crippen molar-refractivity contribution in [3.63, 3.8) is 0 Å². The van der Waals surface area contributed by atoms with Crippen molar-refractivity contribution in [2.45, 2.75) is 84.8 Å². The number of allylic oxidation sites excluding steroid dienone is 2. The third-order valence-electron chi connectivity index (χ3n) is 7.76. The van der Waals surface area contributed by atoms with Crippen LogP contribution in [-0.2, 0) is 19.1 Å². The van der Waals surface area contributed by atoms with Gasteiger partial charge >= 0.3 is 0 Å². The van der Waals surface area contributed by atoms with Gasteiger partial charge in [-0.2, -0.15) is 0 Å². The Hall–Kier alpha value is -1.00. The van der Waals surface area contributed by atoms with Gasteiger partial charge in [-0.05, 0) is 56.4 Å². The Morgan fingerprint density at radius 1 is 0.963 bits per heavy atom. The fraction of sp³-hybridized carbons (Fsp3) is 0.826. The fourth-order valence-corrected chi connectivity index (χ4v) is 5.83. The Kier molecular flexibility index (Phi) is 4.67. The molecule has 4 heteroatoms. The molecule has 0 aromatic rings. The van der Waals surface area contributed by atoms with E-state index in [0.29, 0.717) is 43.0 Å². The normalized spacial score (nSPS) is 37.9. The van der Waals surface area contributed by atoms with Gasteiger partial charge in [0.2, 0.25) is 0 Å². The first-order valence-electron chi connectivity index (χ1n) is 10.7. The summed E-state index contributed by atoms with van der Waals surface area (Å²) in [5, 5.41) is 0. The van der Waals surface area contributed by atoms with Crippen molar-refractivity contribution in [3.8, 4) is 0 Å². The Labute approximate surface area is 163 Å². The third kappa shape index (κ3) is 3.33. The van der Waals surface area contributed by atoms with Gasteiger partial charge in [-0.1, -0.05) is 26.3 Å². The molecular weight excluding hydrogens is 340 g/mol. The minimum Gasteiger partial charge on any atom is -0.350 e. The average Bonchev–Trinajstić information content (AvgIpc) is 2.93. The van der Waals surface area contributed by atoms with Crippen LogP contribution in [0, 0.1) is 22.7 Å². The minimum atomic E-state index is -0.594. The molecule has 0 bridgehead atoms. The quantitative estimate of drug-likeness (QED) is 0.724. The lowest BCUT2D eigenvalue weighted by molar-refractivity contribution is -0.291. The molecule has 0 spiro atoms. The Morgan fingerprint density at radius 2 is 1.67 bits per heavy atom. The first kappa shape index (κ1) is 19.3. The summed E-state index contributed by atoms with van der Waals surface area (Å²) in [5.41, 5.74) is 2.30. The van der Waals surface area contributed by atoms with E-state index in [-0.39, 0.29) is 10.8 Å². The molecule has 0 aromatic heterocycles. The Bertz CT molecular complexity index is 678. The fourth-order valence-electron chi connectivity index (χ4n) is 5.83. The number of carbonyl (C=O) groups excluding carboxylic acids is 2. The van der Waals surface area contributed by atoms with Gasteiger partial charge in [0.05, 0.1) is 13.2 Å². The van der Waals surface area contributed by atoms with Crippen molar-refractivity contribution >= 4 is 11.6 Å². The van der Waals surface area contributed by atoms with E-state index in [1.165, 1.54) is 5.57 Å². The second-order valence-electron chi connectivity index (χ2n) is 10.4. The molecule has 4 nitrogen and oxygen atoms in total. The smallest absolute Gasteiger partial charge is 0.165 e. The van der Waals surface area contributed by atoms with Gasteiger partial charge < -0.3 is 9.47 Å². The number of ketones is 2. The molecule has 150 valence electrons. The monoisotopic (exact) mass is 374 g/mol. The zero-order valence-electron chi connectivity index (χ0n) is 17.4. The molecule has 1 aliphatic heterocycles. The van der Waals surface area contributed by atoms with E-state index >= 15 is 0 Å². The summed E-state index contributed by atoms with van der Waals surface area (Å²) in [5.74, 6) is 1.04. The van der Waals surface area contributed by atoms with Gasteiger partial charge in [-0.25, -0.2) is 0 Å². The topological polar surface area (TPSA) is 52.6 Å². The van der Waals surface area contributed by atoms with E-state index in [4.69, 9.17) is 9.47 Å². The van der Waals surface area contributed by atoms with E-state index in [1.807, 2.05) is 6.92 Å². The highest BCUT2D eigenvalue weighted by atomic mass is 16.7. The van der Waals surface area contributed by atoms with E-state index in [1.54, 1.807) is 0 Å². The molecule has 3 fully saturated rings. The molecule has 0 radical (unpaired) electrons. The predicted molar refractivity (Wildman–Crippen MR) is 103 cm³/mol. The van der Waals surface area contributed by atoms with E-state index in [9.17, 15) is 9.59 Å². The standard InChI is InChI=1S/C23H34O4/c1-21(2)13-26-23(4,27-14-21)12-10-17-15-9-11-22(3)18(6-8-20(22)25)16(15)5-7-19(17)24/h16,18H,5-14H2,1-4H3. The van der Waals surface area contributed by atoms with Crippen LogP contribution in [0.4, 0.5) is 0 Å². The van der Waals surface area contributed by atoms with Crippen molar-refractivity contribution in [2.75, 3.05) is 13.2 Å². The molecule has 0 amide bonds. The van der Waals surface area contributed by atoms with Crippen molar-refractivity contribution < 1.29 is 19.1 Å². The average molecular weight is 375 g/mol. The van der Waals surface area contributed by atoms with Crippen LogP contribution in [0.5, 0.6) is 0 Å². The van der Waals surface area contributed by atoms with Crippen LogP contribution in [0.1, 0.15) is 79.1 Å². The highest BCUT2D eigenvalue weighted by molar-refractivity contribution is 5.97. The molecule has 27 heavy (non-hydrogen) atoms.